The molecule has 0 fully saturated rings. The fourth-order valence-corrected chi connectivity index (χ4v) is 2.39. The van der Waals surface area contributed by atoms with Gasteiger partial charge in [0.25, 0.3) is 0 Å². The van der Waals surface area contributed by atoms with Gasteiger partial charge in [0.1, 0.15) is 0 Å². The second kappa shape index (κ2) is 5.31. The zero-order valence-electron chi connectivity index (χ0n) is 10.9. The molecule has 1 aromatic heterocycles. The van der Waals surface area contributed by atoms with Gasteiger partial charge in [-0.25, -0.2) is 0 Å². The summed E-state index contributed by atoms with van der Waals surface area (Å²) in [7, 11) is 0. The number of hydrogen-bond acceptors (Lipinski definition) is 2. The maximum atomic E-state index is 11.8. The Morgan fingerprint density at radius 3 is 2.45 bits per heavy atom. The second-order valence-electron chi connectivity index (χ2n) is 4.78. The van der Waals surface area contributed by atoms with Gasteiger partial charge >= 0.3 is 0 Å². The van der Waals surface area contributed by atoms with E-state index in [1.807, 2.05) is 59.2 Å². The van der Waals surface area contributed by atoms with E-state index >= 15 is 0 Å². The Hall–Kier alpha value is -2.39. The molecule has 0 aliphatic heterocycles. The molecule has 3 aromatic rings. The number of pyridine rings is 1. The smallest absolute Gasteiger partial charge is 0.189 e. The van der Waals surface area contributed by atoms with Crippen LogP contribution in [0.2, 0.25) is 0 Å². The molecule has 0 aliphatic rings. The molecule has 3 rings (SSSR count). The van der Waals surface area contributed by atoms with Gasteiger partial charge in [-0.3, -0.25) is 4.79 Å². The Morgan fingerprint density at radius 2 is 1.65 bits per heavy atom. The monoisotopic (exact) mass is 265 g/mol. The Bertz CT molecular complexity index is 778. The predicted octanol–water partition coefficient (Wildman–Crippen LogP) is 2.74. The third-order valence-corrected chi connectivity index (χ3v) is 3.44. The molecule has 1 N–H and O–H groups in total. The fraction of sp³-hybridized carbons (Fsp3) is 0.118. The molecule has 0 spiro atoms. The second-order valence-corrected chi connectivity index (χ2v) is 4.78. The van der Waals surface area contributed by atoms with Gasteiger partial charge in [-0.2, -0.15) is 0 Å². The molecule has 1 atom stereocenters. The molecular formula is C17H15NO2. The van der Waals surface area contributed by atoms with Crippen molar-refractivity contribution in [3.63, 3.8) is 0 Å². The third kappa shape index (κ3) is 2.36. The maximum absolute atomic E-state index is 11.8. The van der Waals surface area contributed by atoms with Gasteiger partial charge in [-0.05, 0) is 17.7 Å². The molecule has 20 heavy (non-hydrogen) atoms. The van der Waals surface area contributed by atoms with Crippen LogP contribution in [0.25, 0.3) is 10.9 Å². The molecule has 2 aromatic carbocycles. The molecule has 3 nitrogen and oxygen atoms in total. The van der Waals surface area contributed by atoms with Crippen LogP contribution in [0.1, 0.15) is 11.7 Å². The minimum atomic E-state index is -0.595. The maximum Gasteiger partial charge on any atom is 0.189 e. The Kier molecular flexibility index (Phi) is 3.35. The first-order chi connectivity index (χ1) is 9.75. The average Bonchev–Trinajstić information content (AvgIpc) is 2.51. The van der Waals surface area contributed by atoms with Crippen LogP contribution in [0.15, 0.2) is 71.7 Å². The lowest BCUT2D eigenvalue weighted by Crippen LogP contribution is -2.13. The number of rotatable bonds is 3. The lowest BCUT2D eigenvalue weighted by atomic mass is 10.1. The summed E-state index contributed by atoms with van der Waals surface area (Å²) in [5, 5.41) is 11.0. The minimum absolute atomic E-state index is 0.00560. The van der Waals surface area contributed by atoms with Gasteiger partial charge < -0.3 is 9.67 Å². The van der Waals surface area contributed by atoms with Crippen molar-refractivity contribution in [1.29, 1.82) is 0 Å². The van der Waals surface area contributed by atoms with Crippen LogP contribution >= 0.6 is 0 Å². The predicted molar refractivity (Wildman–Crippen MR) is 79.6 cm³/mol. The molecule has 0 radical (unpaired) electrons. The molecule has 0 bridgehead atoms. The quantitative estimate of drug-likeness (QED) is 0.791. The number of aliphatic hydroxyl groups is 1. The summed E-state index contributed by atoms with van der Waals surface area (Å²) in [4.78, 5) is 11.8. The summed E-state index contributed by atoms with van der Waals surface area (Å²) in [6.07, 6.45) is 1.14. The molecule has 0 saturated carbocycles. The van der Waals surface area contributed by atoms with Crippen molar-refractivity contribution < 1.29 is 5.11 Å². The van der Waals surface area contributed by atoms with Crippen molar-refractivity contribution in [3.05, 3.63) is 82.6 Å². The van der Waals surface area contributed by atoms with E-state index in [0.29, 0.717) is 11.9 Å². The number of aliphatic hydroxyl groups excluding tert-OH is 1. The zero-order valence-corrected chi connectivity index (χ0v) is 10.9. The van der Waals surface area contributed by atoms with Crippen LogP contribution in [0.3, 0.4) is 0 Å². The van der Waals surface area contributed by atoms with Crippen molar-refractivity contribution in [2.75, 3.05) is 0 Å². The van der Waals surface area contributed by atoms with E-state index in [2.05, 4.69) is 0 Å². The summed E-state index contributed by atoms with van der Waals surface area (Å²) in [5.41, 5.74) is 1.72. The number of hydrogen-bond donors (Lipinski definition) is 1. The molecular weight excluding hydrogens is 250 g/mol. The summed E-state index contributed by atoms with van der Waals surface area (Å²) >= 11 is 0. The van der Waals surface area contributed by atoms with E-state index in [-0.39, 0.29) is 5.43 Å². The van der Waals surface area contributed by atoms with Gasteiger partial charge in [0.15, 0.2) is 5.43 Å². The topological polar surface area (TPSA) is 42.2 Å². The van der Waals surface area contributed by atoms with Gasteiger partial charge in [0, 0.05) is 17.6 Å². The largest absolute Gasteiger partial charge is 0.387 e. The van der Waals surface area contributed by atoms with Crippen molar-refractivity contribution in [2.45, 2.75) is 12.6 Å². The third-order valence-electron chi connectivity index (χ3n) is 3.44. The highest BCUT2D eigenvalue weighted by Crippen LogP contribution is 2.17. The summed E-state index contributed by atoms with van der Waals surface area (Å²) in [6.45, 7) is 0.421. The average molecular weight is 265 g/mol. The van der Waals surface area contributed by atoms with Crippen molar-refractivity contribution in [1.82, 2.24) is 4.57 Å². The zero-order chi connectivity index (χ0) is 13.9. The molecule has 3 heteroatoms. The first-order valence-corrected chi connectivity index (χ1v) is 6.57. The van der Waals surface area contributed by atoms with Crippen LogP contribution in [-0.4, -0.2) is 9.67 Å². The molecule has 0 amide bonds. The van der Waals surface area contributed by atoms with Gasteiger partial charge in [-0.1, -0.05) is 42.5 Å². The highest BCUT2D eigenvalue weighted by molar-refractivity contribution is 5.78. The molecule has 0 saturated heterocycles. The van der Waals surface area contributed by atoms with E-state index in [4.69, 9.17) is 0 Å². The lowest BCUT2D eigenvalue weighted by molar-refractivity contribution is 0.158. The van der Waals surface area contributed by atoms with Crippen molar-refractivity contribution in [3.8, 4) is 0 Å². The summed E-state index contributed by atoms with van der Waals surface area (Å²) < 4.78 is 1.91. The summed E-state index contributed by atoms with van der Waals surface area (Å²) in [6, 6.07) is 18.5. The number of benzene rings is 2. The standard InChI is InChI=1S/C17H15NO2/c19-16-10-11-18(15-9-5-4-8-14(15)16)12-17(20)13-6-2-1-3-7-13/h1-11,17,20H,12H2. The number of para-hydroxylation sites is 1. The lowest BCUT2D eigenvalue weighted by Gasteiger charge is -2.15. The Morgan fingerprint density at radius 1 is 0.950 bits per heavy atom. The van der Waals surface area contributed by atoms with E-state index < -0.39 is 6.10 Å². The van der Waals surface area contributed by atoms with Gasteiger partial charge in [0.2, 0.25) is 0 Å². The Labute approximate surface area is 116 Å². The molecule has 0 aliphatic carbocycles. The SMILES string of the molecule is O=c1ccn(CC(O)c2ccccc2)c2ccccc12. The first-order valence-electron chi connectivity index (χ1n) is 6.57. The highest BCUT2D eigenvalue weighted by Gasteiger charge is 2.09. The van der Waals surface area contributed by atoms with E-state index in [1.54, 1.807) is 12.3 Å². The number of aromatic nitrogens is 1. The van der Waals surface area contributed by atoms with Crippen LogP contribution in [0.4, 0.5) is 0 Å². The van der Waals surface area contributed by atoms with E-state index in [9.17, 15) is 9.90 Å². The molecule has 1 heterocycles. The summed E-state index contributed by atoms with van der Waals surface area (Å²) in [5.74, 6) is 0. The van der Waals surface area contributed by atoms with Gasteiger partial charge in [-0.15, -0.1) is 0 Å². The van der Waals surface area contributed by atoms with Crippen molar-refractivity contribution >= 4 is 10.9 Å². The van der Waals surface area contributed by atoms with Crippen LogP contribution in [0, 0.1) is 0 Å². The van der Waals surface area contributed by atoms with Gasteiger partial charge in [0.05, 0.1) is 18.2 Å². The first kappa shape index (κ1) is 12.6. The van der Waals surface area contributed by atoms with E-state index in [1.165, 1.54) is 0 Å². The van der Waals surface area contributed by atoms with Crippen LogP contribution in [0.5, 0.6) is 0 Å². The normalized spacial score (nSPS) is 12.4. The van der Waals surface area contributed by atoms with Crippen molar-refractivity contribution in [2.24, 2.45) is 0 Å². The van der Waals surface area contributed by atoms with Crippen LogP contribution < -0.4 is 5.43 Å². The minimum Gasteiger partial charge on any atom is -0.387 e. The van der Waals surface area contributed by atoms with Crippen LogP contribution in [-0.2, 0) is 6.54 Å². The Balaban J connectivity index is 2.00. The fourth-order valence-electron chi connectivity index (χ4n) is 2.39. The molecule has 1 unspecified atom stereocenters. The van der Waals surface area contributed by atoms with E-state index in [0.717, 1.165) is 11.1 Å². The highest BCUT2D eigenvalue weighted by atomic mass is 16.3. The number of nitrogens with zero attached hydrogens (tertiary/aromatic N) is 1. The molecule has 100 valence electrons. The number of fused-ring (bicyclic) bond motifs is 1.